The molecular weight excluding hydrogens is 260 g/mol. The van der Waals surface area contributed by atoms with Crippen LogP contribution in [0.5, 0.6) is 0 Å². The normalized spacial score (nSPS) is 18.5. The molecule has 1 aliphatic carbocycles. The van der Waals surface area contributed by atoms with Gasteiger partial charge in [-0.05, 0) is 13.3 Å². The summed E-state index contributed by atoms with van der Waals surface area (Å²) in [6.07, 6.45) is 5.84. The Bertz CT molecular complexity index is 554. The van der Waals surface area contributed by atoms with Crippen molar-refractivity contribution in [2.45, 2.75) is 44.9 Å². The van der Waals surface area contributed by atoms with Crippen LogP contribution in [-0.4, -0.2) is 28.6 Å². The zero-order valence-corrected chi connectivity index (χ0v) is 11.7. The Hall–Kier alpha value is -1.98. The molecule has 1 aromatic rings. The molecule has 1 aromatic heterocycles. The van der Waals surface area contributed by atoms with Gasteiger partial charge in [0.05, 0.1) is 32.2 Å². The second-order valence-corrected chi connectivity index (χ2v) is 5.16. The van der Waals surface area contributed by atoms with Gasteiger partial charge >= 0.3 is 5.97 Å². The minimum absolute atomic E-state index is 0.221. The van der Waals surface area contributed by atoms with Gasteiger partial charge in [0.15, 0.2) is 0 Å². The van der Waals surface area contributed by atoms with Gasteiger partial charge in [0, 0.05) is 17.7 Å². The number of hydrogen-bond acceptors (Lipinski definition) is 5. The largest absolute Gasteiger partial charge is 0.469 e. The maximum absolute atomic E-state index is 11.2. The summed E-state index contributed by atoms with van der Waals surface area (Å²) in [6, 6.07) is 0. The molecule has 6 heteroatoms. The smallest absolute Gasteiger partial charge is 0.307 e. The number of rotatable bonds is 3. The maximum Gasteiger partial charge on any atom is 0.307 e. The lowest BCUT2D eigenvalue weighted by Crippen LogP contribution is -2.36. The third kappa shape index (κ3) is 2.15. The zero-order chi connectivity index (χ0) is 14.2. The van der Waals surface area contributed by atoms with Crippen molar-refractivity contribution in [3.63, 3.8) is 0 Å². The molecule has 3 rings (SSSR count). The van der Waals surface area contributed by atoms with Crippen molar-refractivity contribution < 1.29 is 19.0 Å². The summed E-state index contributed by atoms with van der Waals surface area (Å²) in [6.45, 7) is 2.56. The highest BCUT2D eigenvalue weighted by Crippen LogP contribution is 2.36. The van der Waals surface area contributed by atoms with Crippen LogP contribution >= 0.6 is 0 Å². The van der Waals surface area contributed by atoms with Crippen molar-refractivity contribution in [1.82, 2.24) is 9.78 Å². The van der Waals surface area contributed by atoms with Crippen LogP contribution in [0.4, 0.5) is 0 Å². The second kappa shape index (κ2) is 4.85. The third-order valence-electron chi connectivity index (χ3n) is 3.98. The van der Waals surface area contributed by atoms with E-state index in [4.69, 9.17) is 9.47 Å². The maximum atomic E-state index is 11.2. The van der Waals surface area contributed by atoms with Crippen LogP contribution < -0.4 is 0 Å². The summed E-state index contributed by atoms with van der Waals surface area (Å²) < 4.78 is 17.7. The molecule has 0 saturated carbocycles. The van der Waals surface area contributed by atoms with E-state index >= 15 is 0 Å². The summed E-state index contributed by atoms with van der Waals surface area (Å²) in [5.74, 6) is -0.769. The summed E-state index contributed by atoms with van der Waals surface area (Å²) >= 11 is 0. The molecule has 1 spiro atoms. The van der Waals surface area contributed by atoms with Crippen LogP contribution in [0.15, 0.2) is 12.5 Å². The molecule has 0 bridgehead atoms. The van der Waals surface area contributed by atoms with E-state index in [1.165, 1.54) is 12.7 Å². The molecule has 0 radical (unpaired) electrons. The molecule has 0 unspecified atom stereocenters. The van der Waals surface area contributed by atoms with Crippen LogP contribution in [0.25, 0.3) is 0 Å². The van der Waals surface area contributed by atoms with Crippen LogP contribution in [-0.2, 0) is 38.4 Å². The van der Waals surface area contributed by atoms with Crippen LogP contribution in [0.3, 0.4) is 0 Å². The molecule has 0 amide bonds. The lowest BCUT2D eigenvalue weighted by molar-refractivity contribution is -0.148. The van der Waals surface area contributed by atoms with E-state index < -0.39 is 5.79 Å². The van der Waals surface area contributed by atoms with E-state index in [0.717, 1.165) is 24.2 Å². The number of esters is 1. The Morgan fingerprint density at radius 2 is 2.25 bits per heavy atom. The fourth-order valence-corrected chi connectivity index (χ4v) is 2.79. The van der Waals surface area contributed by atoms with Gasteiger partial charge in [-0.1, -0.05) is 0 Å². The van der Waals surface area contributed by atoms with Gasteiger partial charge in [-0.15, -0.1) is 0 Å². The highest BCUT2D eigenvalue weighted by Gasteiger charge is 2.41. The molecule has 0 saturated heterocycles. The quantitative estimate of drug-likeness (QED) is 0.783. The van der Waals surface area contributed by atoms with E-state index in [2.05, 4.69) is 9.84 Å². The highest BCUT2D eigenvalue weighted by molar-refractivity contribution is 5.68. The van der Waals surface area contributed by atoms with Gasteiger partial charge in [0.1, 0.15) is 12.5 Å². The van der Waals surface area contributed by atoms with Crippen molar-refractivity contribution in [2.75, 3.05) is 7.11 Å². The Morgan fingerprint density at radius 1 is 1.50 bits per heavy atom. The van der Waals surface area contributed by atoms with Gasteiger partial charge in [-0.2, -0.15) is 5.10 Å². The Kier molecular flexibility index (Phi) is 3.16. The monoisotopic (exact) mass is 278 g/mol. The Balaban J connectivity index is 1.77. The van der Waals surface area contributed by atoms with Crippen LogP contribution in [0, 0.1) is 6.92 Å². The van der Waals surface area contributed by atoms with Crippen molar-refractivity contribution in [1.29, 1.82) is 0 Å². The Labute approximate surface area is 117 Å². The number of nitrogens with zero attached hydrogens (tertiary/aromatic N) is 2. The predicted molar refractivity (Wildman–Crippen MR) is 69.7 cm³/mol. The van der Waals surface area contributed by atoms with Crippen molar-refractivity contribution in [3.05, 3.63) is 29.5 Å². The first kappa shape index (κ1) is 13.0. The minimum atomic E-state index is -0.548. The average molecular weight is 278 g/mol. The van der Waals surface area contributed by atoms with Crippen LogP contribution in [0.1, 0.15) is 29.8 Å². The van der Waals surface area contributed by atoms with Gasteiger partial charge in [-0.3, -0.25) is 9.48 Å². The van der Waals surface area contributed by atoms with Crippen LogP contribution in [0.2, 0.25) is 0 Å². The molecule has 2 aliphatic rings. The number of ether oxygens (including phenoxy) is 3. The van der Waals surface area contributed by atoms with E-state index in [1.54, 1.807) is 12.5 Å². The molecule has 6 nitrogen and oxygen atoms in total. The third-order valence-corrected chi connectivity index (χ3v) is 3.98. The number of aryl methyl sites for hydroxylation is 2. The predicted octanol–water partition coefficient (Wildman–Crippen LogP) is 1.46. The number of carbonyl (C=O) groups excluding carboxylic acids is 1. The van der Waals surface area contributed by atoms with Gasteiger partial charge < -0.3 is 14.2 Å². The molecule has 20 heavy (non-hydrogen) atoms. The molecule has 0 atom stereocenters. The first-order chi connectivity index (χ1) is 9.63. The van der Waals surface area contributed by atoms with E-state index in [9.17, 15) is 4.79 Å². The minimum Gasteiger partial charge on any atom is -0.469 e. The summed E-state index contributed by atoms with van der Waals surface area (Å²) in [4.78, 5) is 11.2. The first-order valence-corrected chi connectivity index (χ1v) is 6.76. The average Bonchev–Trinajstić information content (AvgIpc) is 3.03. The number of fused-ring (bicyclic) bond motifs is 1. The van der Waals surface area contributed by atoms with Crippen molar-refractivity contribution in [3.8, 4) is 0 Å². The topological polar surface area (TPSA) is 62.6 Å². The standard InChI is InChI=1S/C14H18N2O4/c1-10-11-9-14(19-7-8-20-14)5-3-12(11)15-16(10)6-4-13(17)18-2/h7-8H,3-6,9H2,1-2H3. The van der Waals surface area contributed by atoms with Crippen molar-refractivity contribution >= 4 is 5.97 Å². The lowest BCUT2D eigenvalue weighted by atomic mass is 9.90. The van der Waals surface area contributed by atoms with Crippen molar-refractivity contribution in [2.24, 2.45) is 0 Å². The van der Waals surface area contributed by atoms with Gasteiger partial charge in [0.25, 0.3) is 5.79 Å². The molecule has 0 N–H and O–H groups in total. The molecule has 1 aliphatic heterocycles. The molecule has 0 fully saturated rings. The van der Waals surface area contributed by atoms with E-state index in [0.29, 0.717) is 19.4 Å². The number of carbonyl (C=O) groups is 1. The summed E-state index contributed by atoms with van der Waals surface area (Å²) in [5, 5.41) is 4.59. The van der Waals surface area contributed by atoms with Gasteiger partial charge in [-0.25, -0.2) is 0 Å². The lowest BCUT2D eigenvalue weighted by Gasteiger charge is -2.31. The number of aromatic nitrogens is 2. The van der Waals surface area contributed by atoms with Gasteiger partial charge in [0.2, 0.25) is 0 Å². The number of hydrogen-bond donors (Lipinski definition) is 0. The Morgan fingerprint density at radius 3 is 2.95 bits per heavy atom. The molecule has 2 heterocycles. The fraction of sp³-hybridized carbons (Fsp3) is 0.571. The van der Waals surface area contributed by atoms with E-state index in [-0.39, 0.29) is 5.97 Å². The first-order valence-electron chi connectivity index (χ1n) is 6.76. The fourth-order valence-electron chi connectivity index (χ4n) is 2.79. The number of methoxy groups -OCH3 is 1. The van der Waals surface area contributed by atoms with E-state index in [1.807, 2.05) is 11.6 Å². The summed E-state index contributed by atoms with van der Waals surface area (Å²) in [5.41, 5.74) is 3.32. The summed E-state index contributed by atoms with van der Waals surface area (Å²) in [7, 11) is 1.40. The molecule has 108 valence electrons. The molecule has 0 aromatic carbocycles. The molecular formula is C14H18N2O4. The highest BCUT2D eigenvalue weighted by atomic mass is 16.7. The SMILES string of the molecule is COC(=O)CCn1nc2c(c1C)CC1(CC2)OC=CO1. The zero-order valence-electron chi connectivity index (χ0n) is 11.7. The second-order valence-electron chi connectivity index (χ2n) is 5.16.